The molecule has 0 aromatic rings. The Bertz CT molecular complexity index is 315. The van der Waals surface area contributed by atoms with Gasteiger partial charge in [0.05, 0.1) is 0 Å². The van der Waals surface area contributed by atoms with E-state index in [1.54, 1.807) is 0 Å². The highest BCUT2D eigenvalue weighted by atomic mass is 16.2. The summed E-state index contributed by atoms with van der Waals surface area (Å²) < 4.78 is 0. The summed E-state index contributed by atoms with van der Waals surface area (Å²) in [6.07, 6.45) is 4.09. The molecule has 1 aliphatic rings. The van der Waals surface area contributed by atoms with Crippen LogP contribution in [0.15, 0.2) is 0 Å². The van der Waals surface area contributed by atoms with Crippen molar-refractivity contribution in [3.63, 3.8) is 0 Å². The van der Waals surface area contributed by atoms with Crippen molar-refractivity contribution in [1.29, 1.82) is 0 Å². The molecule has 2 atom stereocenters. The summed E-state index contributed by atoms with van der Waals surface area (Å²) >= 11 is 0. The first-order chi connectivity index (χ1) is 8.34. The number of nitrogens with two attached hydrogens (primary N) is 2. The van der Waals surface area contributed by atoms with Gasteiger partial charge in [0.2, 0.25) is 11.8 Å². The zero-order chi connectivity index (χ0) is 13.8. The first kappa shape index (κ1) is 15.0. The average Bonchev–Trinajstić information content (AvgIpc) is 2.26. The molecule has 1 fully saturated rings. The summed E-state index contributed by atoms with van der Waals surface area (Å²) in [6, 6.07) is 0. The SMILES string of the molecule is CC(C)(CC(N)=O)NC(=O)C1CCCC(CN)C1. The lowest BCUT2D eigenvalue weighted by Gasteiger charge is -2.31. The quantitative estimate of drug-likeness (QED) is 0.668. The first-order valence-corrected chi connectivity index (χ1v) is 6.64. The lowest BCUT2D eigenvalue weighted by Crippen LogP contribution is -2.49. The summed E-state index contributed by atoms with van der Waals surface area (Å²) in [7, 11) is 0. The Kier molecular flexibility index (Phi) is 5.14. The molecule has 0 saturated heterocycles. The van der Waals surface area contributed by atoms with Crippen molar-refractivity contribution in [3.8, 4) is 0 Å². The van der Waals surface area contributed by atoms with Crippen LogP contribution in [-0.4, -0.2) is 23.9 Å². The van der Waals surface area contributed by atoms with E-state index in [9.17, 15) is 9.59 Å². The zero-order valence-electron chi connectivity index (χ0n) is 11.4. The molecule has 5 heteroatoms. The molecule has 0 aromatic carbocycles. The van der Waals surface area contributed by atoms with Crippen LogP contribution in [0.5, 0.6) is 0 Å². The molecule has 0 heterocycles. The van der Waals surface area contributed by atoms with Gasteiger partial charge in [0, 0.05) is 17.9 Å². The molecular weight excluding hydrogens is 230 g/mol. The van der Waals surface area contributed by atoms with Gasteiger partial charge in [0.25, 0.3) is 0 Å². The second kappa shape index (κ2) is 6.18. The van der Waals surface area contributed by atoms with E-state index >= 15 is 0 Å². The van der Waals surface area contributed by atoms with Crippen molar-refractivity contribution in [2.24, 2.45) is 23.3 Å². The molecule has 2 amide bonds. The van der Waals surface area contributed by atoms with Gasteiger partial charge < -0.3 is 16.8 Å². The lowest BCUT2D eigenvalue weighted by molar-refractivity contribution is -0.128. The van der Waals surface area contributed by atoms with E-state index < -0.39 is 11.4 Å². The maximum Gasteiger partial charge on any atom is 0.223 e. The van der Waals surface area contributed by atoms with E-state index in [-0.39, 0.29) is 18.2 Å². The van der Waals surface area contributed by atoms with Crippen LogP contribution in [0.2, 0.25) is 0 Å². The first-order valence-electron chi connectivity index (χ1n) is 6.64. The summed E-state index contributed by atoms with van der Waals surface area (Å²) in [4.78, 5) is 23.1. The molecule has 5 nitrogen and oxygen atoms in total. The monoisotopic (exact) mass is 255 g/mol. The molecule has 1 rings (SSSR count). The number of carbonyl (C=O) groups excluding carboxylic acids is 2. The van der Waals surface area contributed by atoms with Gasteiger partial charge >= 0.3 is 0 Å². The fraction of sp³-hybridized carbons (Fsp3) is 0.846. The number of amides is 2. The zero-order valence-corrected chi connectivity index (χ0v) is 11.4. The van der Waals surface area contributed by atoms with Gasteiger partial charge in [-0.3, -0.25) is 9.59 Å². The number of rotatable bonds is 5. The van der Waals surface area contributed by atoms with Crippen LogP contribution in [0.1, 0.15) is 46.0 Å². The fourth-order valence-electron chi connectivity index (χ4n) is 2.66. The standard InChI is InChI=1S/C13H25N3O2/c1-13(2,7-11(15)17)16-12(18)10-5-3-4-9(6-10)8-14/h9-10H,3-8,14H2,1-2H3,(H2,15,17)(H,16,18). The van der Waals surface area contributed by atoms with E-state index in [1.165, 1.54) is 0 Å². The minimum absolute atomic E-state index is 0.0272. The van der Waals surface area contributed by atoms with Crippen molar-refractivity contribution in [3.05, 3.63) is 0 Å². The highest BCUT2D eigenvalue weighted by Gasteiger charge is 2.30. The predicted octanol–water partition coefficient (Wildman–Crippen LogP) is 0.522. The second-order valence-corrected chi connectivity index (χ2v) is 5.98. The fourth-order valence-corrected chi connectivity index (χ4v) is 2.66. The predicted molar refractivity (Wildman–Crippen MR) is 70.5 cm³/mol. The Morgan fingerprint density at radius 3 is 2.56 bits per heavy atom. The van der Waals surface area contributed by atoms with Gasteiger partial charge in [0.15, 0.2) is 0 Å². The van der Waals surface area contributed by atoms with Gasteiger partial charge in [-0.25, -0.2) is 0 Å². The average molecular weight is 255 g/mol. The number of carbonyl (C=O) groups is 2. The molecule has 18 heavy (non-hydrogen) atoms. The lowest BCUT2D eigenvalue weighted by atomic mass is 9.80. The normalized spacial score (nSPS) is 24.6. The van der Waals surface area contributed by atoms with E-state index in [0.29, 0.717) is 12.5 Å². The molecular formula is C13H25N3O2. The molecule has 0 bridgehead atoms. The third kappa shape index (κ3) is 4.64. The van der Waals surface area contributed by atoms with Crippen LogP contribution >= 0.6 is 0 Å². The van der Waals surface area contributed by atoms with Crippen LogP contribution in [0.25, 0.3) is 0 Å². The van der Waals surface area contributed by atoms with E-state index in [0.717, 1.165) is 25.7 Å². The molecule has 5 N–H and O–H groups in total. The topological polar surface area (TPSA) is 98.2 Å². The molecule has 2 unspecified atom stereocenters. The largest absolute Gasteiger partial charge is 0.370 e. The van der Waals surface area contributed by atoms with Crippen molar-refractivity contribution >= 4 is 11.8 Å². The molecule has 1 aliphatic carbocycles. The molecule has 0 spiro atoms. The minimum atomic E-state index is -0.571. The van der Waals surface area contributed by atoms with Gasteiger partial charge in [-0.2, -0.15) is 0 Å². The number of nitrogens with one attached hydrogen (secondary N) is 1. The Labute approximate surface area is 109 Å². The van der Waals surface area contributed by atoms with E-state index in [1.807, 2.05) is 13.8 Å². The van der Waals surface area contributed by atoms with Crippen molar-refractivity contribution in [2.75, 3.05) is 6.54 Å². The molecule has 1 saturated carbocycles. The Balaban J connectivity index is 2.51. The second-order valence-electron chi connectivity index (χ2n) is 5.98. The maximum absolute atomic E-state index is 12.2. The van der Waals surface area contributed by atoms with E-state index in [4.69, 9.17) is 11.5 Å². The van der Waals surface area contributed by atoms with Crippen molar-refractivity contribution in [1.82, 2.24) is 5.32 Å². The van der Waals surface area contributed by atoms with Gasteiger partial charge in [-0.05, 0) is 45.6 Å². The van der Waals surface area contributed by atoms with Crippen molar-refractivity contribution < 1.29 is 9.59 Å². The Morgan fingerprint density at radius 1 is 1.33 bits per heavy atom. The third-order valence-corrected chi connectivity index (χ3v) is 3.56. The van der Waals surface area contributed by atoms with Gasteiger partial charge in [-0.1, -0.05) is 6.42 Å². The summed E-state index contributed by atoms with van der Waals surface area (Å²) in [5.41, 5.74) is 10.3. The van der Waals surface area contributed by atoms with Crippen LogP contribution in [0.3, 0.4) is 0 Å². The summed E-state index contributed by atoms with van der Waals surface area (Å²) in [5.74, 6) is 0.108. The number of hydrogen-bond acceptors (Lipinski definition) is 3. The Hall–Kier alpha value is -1.10. The van der Waals surface area contributed by atoms with Crippen LogP contribution in [0, 0.1) is 11.8 Å². The molecule has 0 aromatic heterocycles. The van der Waals surface area contributed by atoms with Crippen LogP contribution in [0.4, 0.5) is 0 Å². The van der Waals surface area contributed by atoms with Gasteiger partial charge in [0.1, 0.15) is 0 Å². The van der Waals surface area contributed by atoms with Crippen LogP contribution < -0.4 is 16.8 Å². The summed E-state index contributed by atoms with van der Waals surface area (Å²) in [5, 5.41) is 2.92. The molecule has 0 radical (unpaired) electrons. The van der Waals surface area contributed by atoms with E-state index in [2.05, 4.69) is 5.32 Å². The Morgan fingerprint density at radius 2 is 2.00 bits per heavy atom. The number of hydrogen-bond donors (Lipinski definition) is 3. The highest BCUT2D eigenvalue weighted by Crippen LogP contribution is 2.29. The highest BCUT2D eigenvalue weighted by molar-refractivity contribution is 5.81. The molecule has 104 valence electrons. The molecule has 0 aliphatic heterocycles. The smallest absolute Gasteiger partial charge is 0.223 e. The third-order valence-electron chi connectivity index (χ3n) is 3.56. The summed E-state index contributed by atoms with van der Waals surface area (Å²) in [6.45, 7) is 4.28. The van der Waals surface area contributed by atoms with Gasteiger partial charge in [-0.15, -0.1) is 0 Å². The number of primary amides is 1. The van der Waals surface area contributed by atoms with Crippen molar-refractivity contribution in [2.45, 2.75) is 51.5 Å². The van der Waals surface area contributed by atoms with Crippen LogP contribution in [-0.2, 0) is 9.59 Å². The minimum Gasteiger partial charge on any atom is -0.370 e. The maximum atomic E-state index is 12.2.